The quantitative estimate of drug-likeness (QED) is 0.630. The van der Waals surface area contributed by atoms with Crippen LogP contribution in [-0.2, 0) is 14.3 Å². The highest BCUT2D eigenvalue weighted by atomic mass is 19.1. The molecule has 0 fully saturated rings. The number of ether oxygens (including phenoxy) is 1. The fourth-order valence-electron chi connectivity index (χ4n) is 1.07. The Morgan fingerprint density at radius 3 is 2.88 bits per heavy atom. The maximum absolute atomic E-state index is 12.8. The molecule has 0 aliphatic rings. The molecule has 4 nitrogen and oxygen atoms in total. The van der Waals surface area contributed by atoms with Gasteiger partial charge in [0.05, 0.1) is 7.11 Å². The zero-order valence-electron chi connectivity index (χ0n) is 9.27. The first-order valence-electron chi connectivity index (χ1n) is 4.90. The maximum atomic E-state index is 12.8. The van der Waals surface area contributed by atoms with Gasteiger partial charge in [0, 0.05) is 6.08 Å². The number of benzene rings is 1. The van der Waals surface area contributed by atoms with E-state index in [1.54, 1.807) is 12.1 Å². The average molecular weight is 237 g/mol. The van der Waals surface area contributed by atoms with Gasteiger partial charge in [-0.15, -0.1) is 0 Å². The summed E-state index contributed by atoms with van der Waals surface area (Å²) < 4.78 is 17.1. The van der Waals surface area contributed by atoms with Crippen molar-refractivity contribution in [1.29, 1.82) is 0 Å². The van der Waals surface area contributed by atoms with E-state index in [-0.39, 0.29) is 12.4 Å². The van der Waals surface area contributed by atoms with Gasteiger partial charge in [0.2, 0.25) is 5.91 Å². The lowest BCUT2D eigenvalue weighted by molar-refractivity contribution is -0.140. The zero-order chi connectivity index (χ0) is 12.7. The minimum atomic E-state index is -0.530. The largest absolute Gasteiger partial charge is 0.468 e. The number of esters is 1. The first-order chi connectivity index (χ1) is 8.11. The fraction of sp³-hybridized carbons (Fsp3) is 0.167. The van der Waals surface area contributed by atoms with Crippen molar-refractivity contribution in [3.05, 3.63) is 41.7 Å². The Morgan fingerprint density at radius 1 is 1.47 bits per heavy atom. The molecule has 0 radical (unpaired) electrons. The predicted octanol–water partition coefficient (Wildman–Crippen LogP) is 1.13. The summed E-state index contributed by atoms with van der Waals surface area (Å²) in [6.45, 7) is -0.192. The molecule has 0 aromatic heterocycles. The van der Waals surface area contributed by atoms with Gasteiger partial charge in [-0.2, -0.15) is 0 Å². The third-order valence-corrected chi connectivity index (χ3v) is 1.91. The van der Waals surface area contributed by atoms with E-state index in [0.29, 0.717) is 5.56 Å². The van der Waals surface area contributed by atoms with Crippen molar-refractivity contribution < 1.29 is 18.7 Å². The third-order valence-electron chi connectivity index (χ3n) is 1.91. The number of carbonyl (C=O) groups is 2. The fourth-order valence-corrected chi connectivity index (χ4v) is 1.07. The van der Waals surface area contributed by atoms with Gasteiger partial charge in [0.15, 0.2) is 0 Å². The van der Waals surface area contributed by atoms with E-state index < -0.39 is 11.9 Å². The number of hydrogen-bond donors (Lipinski definition) is 1. The Morgan fingerprint density at radius 2 is 2.24 bits per heavy atom. The van der Waals surface area contributed by atoms with Crippen LogP contribution < -0.4 is 5.32 Å². The second-order valence-corrected chi connectivity index (χ2v) is 3.18. The van der Waals surface area contributed by atoms with E-state index >= 15 is 0 Å². The molecule has 5 heteroatoms. The standard InChI is InChI=1S/C12H12FNO3/c1-17-12(16)8-14-11(15)6-5-9-3-2-4-10(13)7-9/h2-7H,8H2,1H3,(H,14,15)/b6-5+. The Kier molecular flexibility index (Phi) is 4.87. The van der Waals surface area contributed by atoms with Gasteiger partial charge in [0.1, 0.15) is 12.4 Å². The Bertz CT molecular complexity index is 443. The van der Waals surface area contributed by atoms with Crippen LogP contribution in [0.4, 0.5) is 4.39 Å². The number of methoxy groups -OCH3 is 1. The molecule has 0 bridgehead atoms. The normalized spacial score (nSPS) is 10.2. The first kappa shape index (κ1) is 12.9. The van der Waals surface area contributed by atoms with Crippen molar-refractivity contribution in [2.75, 3.05) is 13.7 Å². The van der Waals surface area contributed by atoms with Crippen LogP contribution in [0.2, 0.25) is 0 Å². The van der Waals surface area contributed by atoms with Crippen LogP contribution in [0.5, 0.6) is 0 Å². The van der Waals surface area contributed by atoms with Gasteiger partial charge in [-0.25, -0.2) is 4.39 Å². The van der Waals surface area contributed by atoms with Gasteiger partial charge in [-0.3, -0.25) is 9.59 Å². The minimum Gasteiger partial charge on any atom is -0.468 e. The summed E-state index contributed by atoms with van der Waals surface area (Å²) in [6, 6.07) is 5.81. The molecule has 1 aromatic carbocycles. The number of carbonyl (C=O) groups excluding carboxylic acids is 2. The second kappa shape index (κ2) is 6.42. The summed E-state index contributed by atoms with van der Waals surface area (Å²) >= 11 is 0. The van der Waals surface area contributed by atoms with E-state index in [4.69, 9.17) is 0 Å². The molecule has 1 aromatic rings. The Hall–Kier alpha value is -2.17. The second-order valence-electron chi connectivity index (χ2n) is 3.18. The van der Waals surface area contributed by atoms with Gasteiger partial charge in [-0.1, -0.05) is 12.1 Å². The average Bonchev–Trinajstić information content (AvgIpc) is 2.33. The molecule has 0 aliphatic heterocycles. The maximum Gasteiger partial charge on any atom is 0.325 e. The molecule has 1 rings (SSSR count). The lowest BCUT2D eigenvalue weighted by atomic mass is 10.2. The lowest BCUT2D eigenvalue weighted by Crippen LogP contribution is -2.28. The summed E-state index contributed by atoms with van der Waals surface area (Å²) in [5.41, 5.74) is 0.568. The smallest absolute Gasteiger partial charge is 0.325 e. The van der Waals surface area contributed by atoms with E-state index in [0.717, 1.165) is 0 Å². The van der Waals surface area contributed by atoms with E-state index in [1.807, 2.05) is 0 Å². The first-order valence-corrected chi connectivity index (χ1v) is 4.90. The molecule has 1 amide bonds. The SMILES string of the molecule is COC(=O)CNC(=O)/C=C/c1cccc(F)c1. The van der Waals surface area contributed by atoms with Crippen LogP contribution in [0.1, 0.15) is 5.56 Å². The Labute approximate surface area is 98.1 Å². The van der Waals surface area contributed by atoms with Crippen molar-refractivity contribution >= 4 is 18.0 Å². The van der Waals surface area contributed by atoms with Crippen LogP contribution in [0, 0.1) is 5.82 Å². The van der Waals surface area contributed by atoms with E-state index in [1.165, 1.54) is 31.4 Å². The summed E-state index contributed by atoms with van der Waals surface area (Å²) in [6.07, 6.45) is 2.67. The molecule has 0 spiro atoms. The topological polar surface area (TPSA) is 55.4 Å². The van der Waals surface area contributed by atoms with E-state index in [2.05, 4.69) is 10.1 Å². The molecule has 17 heavy (non-hydrogen) atoms. The van der Waals surface area contributed by atoms with Gasteiger partial charge in [-0.05, 0) is 23.8 Å². The number of rotatable bonds is 4. The highest BCUT2D eigenvalue weighted by Gasteiger charge is 2.01. The molecule has 0 saturated heterocycles. The molecule has 0 aliphatic carbocycles. The van der Waals surface area contributed by atoms with Crippen LogP contribution in [0.25, 0.3) is 6.08 Å². The summed E-state index contributed by atoms with van der Waals surface area (Å²) in [5.74, 6) is -1.35. The predicted molar refractivity (Wildman–Crippen MR) is 60.5 cm³/mol. The highest BCUT2D eigenvalue weighted by Crippen LogP contribution is 2.04. The summed E-state index contributed by atoms with van der Waals surface area (Å²) in [7, 11) is 1.23. The number of hydrogen-bond acceptors (Lipinski definition) is 3. The zero-order valence-corrected chi connectivity index (χ0v) is 9.27. The molecule has 90 valence electrons. The van der Waals surface area contributed by atoms with Crippen LogP contribution >= 0.6 is 0 Å². The monoisotopic (exact) mass is 237 g/mol. The molecule has 0 heterocycles. The minimum absolute atomic E-state index is 0.192. The number of nitrogens with one attached hydrogen (secondary N) is 1. The van der Waals surface area contributed by atoms with E-state index in [9.17, 15) is 14.0 Å². The third kappa shape index (κ3) is 4.92. The van der Waals surface area contributed by atoms with Crippen molar-refractivity contribution in [2.45, 2.75) is 0 Å². The number of amides is 1. The molecule has 1 N–H and O–H groups in total. The summed E-state index contributed by atoms with van der Waals surface area (Å²) in [5, 5.41) is 2.32. The van der Waals surface area contributed by atoms with Gasteiger partial charge >= 0.3 is 5.97 Å². The van der Waals surface area contributed by atoms with Crippen molar-refractivity contribution in [3.8, 4) is 0 Å². The molecule has 0 unspecified atom stereocenters. The lowest BCUT2D eigenvalue weighted by Gasteiger charge is -1.99. The van der Waals surface area contributed by atoms with Crippen molar-refractivity contribution in [3.63, 3.8) is 0 Å². The highest BCUT2D eigenvalue weighted by molar-refractivity contribution is 5.93. The molecule has 0 atom stereocenters. The molecular weight excluding hydrogens is 225 g/mol. The van der Waals surface area contributed by atoms with Crippen LogP contribution in [-0.4, -0.2) is 25.5 Å². The Balaban J connectivity index is 2.48. The molecular formula is C12H12FNO3. The molecule has 0 saturated carbocycles. The van der Waals surface area contributed by atoms with Gasteiger partial charge < -0.3 is 10.1 Å². The van der Waals surface area contributed by atoms with Crippen LogP contribution in [0.15, 0.2) is 30.3 Å². The summed E-state index contributed by atoms with van der Waals surface area (Å²) in [4.78, 5) is 21.9. The number of halogens is 1. The van der Waals surface area contributed by atoms with Gasteiger partial charge in [0.25, 0.3) is 0 Å². The van der Waals surface area contributed by atoms with Crippen molar-refractivity contribution in [2.24, 2.45) is 0 Å². The van der Waals surface area contributed by atoms with Crippen LogP contribution in [0.3, 0.4) is 0 Å². The van der Waals surface area contributed by atoms with Crippen molar-refractivity contribution in [1.82, 2.24) is 5.32 Å².